The minimum Gasteiger partial charge on any atom is -0.496 e. The summed E-state index contributed by atoms with van der Waals surface area (Å²) in [7, 11) is 1.58. The van der Waals surface area contributed by atoms with E-state index in [2.05, 4.69) is 26.4 Å². The summed E-state index contributed by atoms with van der Waals surface area (Å²) in [5, 5.41) is 23.5. The number of hydrogen-bond donors (Lipinski definition) is 6. The number of hydrogen-bond acceptors (Lipinski definition) is 9. The molecule has 0 aromatic heterocycles. The standard InChI is InChI=1S/C17H29N7O3/c1-9(2)10-6-13(26-5)11(17(3,4)25)7-12(10)27-14-8-20-16(23-24-19)21-15(14)22-18/h6-9,15-16,20-22,25H,18H2,1-5H3,(H2,19,23). The summed E-state index contributed by atoms with van der Waals surface area (Å²) in [6.45, 7) is 7.49. The van der Waals surface area contributed by atoms with E-state index in [1.807, 2.05) is 19.9 Å². The van der Waals surface area contributed by atoms with Gasteiger partial charge >= 0.3 is 0 Å². The Morgan fingerprint density at radius 2 is 2.00 bits per heavy atom. The summed E-state index contributed by atoms with van der Waals surface area (Å²) in [5.41, 5.74) is 3.07. The third-order valence-corrected chi connectivity index (χ3v) is 4.18. The molecule has 10 heteroatoms. The monoisotopic (exact) mass is 379 g/mol. The molecule has 2 rings (SSSR count). The van der Waals surface area contributed by atoms with Crippen LogP contribution in [-0.4, -0.2) is 24.7 Å². The zero-order valence-electron chi connectivity index (χ0n) is 16.3. The largest absolute Gasteiger partial charge is 0.496 e. The molecule has 10 nitrogen and oxygen atoms in total. The van der Waals surface area contributed by atoms with Crippen LogP contribution in [0.4, 0.5) is 0 Å². The second-order valence-corrected chi connectivity index (χ2v) is 7.02. The van der Waals surface area contributed by atoms with Crippen molar-refractivity contribution < 1.29 is 14.6 Å². The lowest BCUT2D eigenvalue weighted by Crippen LogP contribution is -2.58. The zero-order chi connectivity index (χ0) is 20.2. The lowest BCUT2D eigenvalue weighted by Gasteiger charge is -2.30. The van der Waals surface area contributed by atoms with Crippen LogP contribution >= 0.6 is 0 Å². The Labute approximate surface area is 158 Å². The molecule has 27 heavy (non-hydrogen) atoms. The van der Waals surface area contributed by atoms with Crippen LogP contribution in [0, 0.1) is 0 Å². The van der Waals surface area contributed by atoms with Gasteiger partial charge in [-0.2, -0.15) is 0 Å². The molecule has 8 N–H and O–H groups in total. The first-order valence-corrected chi connectivity index (χ1v) is 8.62. The number of ether oxygens (including phenoxy) is 2. The van der Waals surface area contributed by atoms with Crippen molar-refractivity contribution in [2.75, 3.05) is 7.11 Å². The summed E-state index contributed by atoms with van der Waals surface area (Å²) in [6.07, 6.45) is 0.587. The maximum Gasteiger partial charge on any atom is 0.197 e. The molecule has 0 aliphatic carbocycles. The van der Waals surface area contributed by atoms with Crippen LogP contribution < -0.4 is 37.2 Å². The third kappa shape index (κ3) is 4.86. The summed E-state index contributed by atoms with van der Waals surface area (Å²) in [5.74, 6) is 12.6. The average Bonchev–Trinajstić information content (AvgIpc) is 2.61. The second kappa shape index (κ2) is 8.53. The number of nitrogens with two attached hydrogens (primary N) is 2. The molecule has 150 valence electrons. The highest BCUT2D eigenvalue weighted by atomic mass is 16.5. The smallest absolute Gasteiger partial charge is 0.197 e. The van der Waals surface area contributed by atoms with Crippen LogP contribution in [0.1, 0.15) is 44.7 Å². The van der Waals surface area contributed by atoms with E-state index < -0.39 is 18.1 Å². The van der Waals surface area contributed by atoms with Crippen LogP contribution in [0.25, 0.3) is 0 Å². The maximum absolute atomic E-state index is 10.5. The Balaban J connectivity index is 2.44. The predicted octanol–water partition coefficient (Wildman–Crippen LogP) is 0.858. The SMILES string of the molecule is COc1cc(C(C)C)c(OC2=CNC(N=NN)NC2NN)cc1C(C)(C)O. The average molecular weight is 379 g/mol. The van der Waals surface area contributed by atoms with Crippen molar-refractivity contribution in [3.05, 3.63) is 35.2 Å². The van der Waals surface area contributed by atoms with Crippen molar-refractivity contribution in [2.24, 2.45) is 22.0 Å². The van der Waals surface area contributed by atoms with E-state index in [1.54, 1.807) is 33.2 Å². The van der Waals surface area contributed by atoms with Crippen molar-refractivity contribution in [3.8, 4) is 11.5 Å². The highest BCUT2D eigenvalue weighted by Gasteiger charge is 2.28. The Hall–Kier alpha value is -2.40. The van der Waals surface area contributed by atoms with Gasteiger partial charge in [-0.1, -0.05) is 19.1 Å². The number of rotatable bonds is 7. The number of methoxy groups -OCH3 is 1. The predicted molar refractivity (Wildman–Crippen MR) is 101 cm³/mol. The molecule has 0 amide bonds. The van der Waals surface area contributed by atoms with E-state index in [0.29, 0.717) is 22.8 Å². The fourth-order valence-electron chi connectivity index (χ4n) is 2.77. The molecule has 1 aromatic carbocycles. The molecular weight excluding hydrogens is 350 g/mol. The van der Waals surface area contributed by atoms with Gasteiger partial charge in [0.2, 0.25) is 0 Å². The van der Waals surface area contributed by atoms with E-state index in [4.69, 9.17) is 21.2 Å². The first-order chi connectivity index (χ1) is 12.7. The first kappa shape index (κ1) is 20.9. The lowest BCUT2D eigenvalue weighted by atomic mass is 9.92. The third-order valence-electron chi connectivity index (χ3n) is 4.18. The Bertz CT molecular complexity index is 713. The van der Waals surface area contributed by atoms with Crippen LogP contribution in [0.15, 0.2) is 34.4 Å². The van der Waals surface area contributed by atoms with Gasteiger partial charge in [0.15, 0.2) is 12.0 Å². The molecule has 0 saturated heterocycles. The molecule has 1 aliphatic rings. The van der Waals surface area contributed by atoms with Gasteiger partial charge in [0, 0.05) is 17.3 Å². The fraction of sp³-hybridized carbons (Fsp3) is 0.529. The number of hydrazine groups is 1. The van der Waals surface area contributed by atoms with Gasteiger partial charge in [0.05, 0.1) is 12.7 Å². The minimum atomic E-state index is -1.10. The number of aliphatic hydroxyl groups is 1. The fourth-order valence-corrected chi connectivity index (χ4v) is 2.77. The number of benzene rings is 1. The van der Waals surface area contributed by atoms with Crippen LogP contribution in [0.5, 0.6) is 11.5 Å². The Morgan fingerprint density at radius 3 is 2.52 bits per heavy atom. The Kier molecular flexibility index (Phi) is 6.60. The zero-order valence-corrected chi connectivity index (χ0v) is 16.3. The van der Waals surface area contributed by atoms with Crippen LogP contribution in [-0.2, 0) is 5.60 Å². The van der Waals surface area contributed by atoms with Crippen molar-refractivity contribution >= 4 is 0 Å². The van der Waals surface area contributed by atoms with Gasteiger partial charge < -0.3 is 25.7 Å². The molecule has 0 radical (unpaired) electrons. The molecule has 2 atom stereocenters. The Morgan fingerprint density at radius 1 is 1.30 bits per heavy atom. The van der Waals surface area contributed by atoms with Crippen LogP contribution in [0.2, 0.25) is 0 Å². The summed E-state index contributed by atoms with van der Waals surface area (Å²) >= 11 is 0. The van der Waals surface area contributed by atoms with Crippen molar-refractivity contribution in [2.45, 2.75) is 51.7 Å². The first-order valence-electron chi connectivity index (χ1n) is 8.62. The minimum absolute atomic E-state index is 0.165. The summed E-state index contributed by atoms with van der Waals surface area (Å²) in [4.78, 5) is 0. The van der Waals surface area contributed by atoms with Crippen molar-refractivity contribution in [1.29, 1.82) is 0 Å². The topological polar surface area (TPSA) is 152 Å². The van der Waals surface area contributed by atoms with Gasteiger partial charge in [-0.05, 0) is 31.9 Å². The molecule has 0 spiro atoms. The molecule has 1 heterocycles. The lowest BCUT2D eigenvalue weighted by molar-refractivity contribution is 0.0753. The van der Waals surface area contributed by atoms with Crippen molar-refractivity contribution in [1.82, 2.24) is 16.1 Å². The highest BCUT2D eigenvalue weighted by molar-refractivity contribution is 5.50. The quantitative estimate of drug-likeness (QED) is 0.232. The molecular formula is C17H29N7O3. The molecule has 0 fully saturated rings. The molecule has 0 saturated carbocycles. The van der Waals surface area contributed by atoms with Crippen LogP contribution in [0.3, 0.4) is 0 Å². The molecule has 1 aromatic rings. The molecule has 0 bridgehead atoms. The second-order valence-electron chi connectivity index (χ2n) is 7.02. The highest BCUT2D eigenvalue weighted by Crippen LogP contribution is 2.39. The molecule has 2 unspecified atom stereocenters. The van der Waals surface area contributed by atoms with E-state index >= 15 is 0 Å². The van der Waals surface area contributed by atoms with Gasteiger partial charge in [0.1, 0.15) is 17.7 Å². The van der Waals surface area contributed by atoms with E-state index in [9.17, 15) is 5.11 Å². The van der Waals surface area contributed by atoms with Gasteiger partial charge in [-0.3, -0.25) is 11.2 Å². The molecule has 1 aliphatic heterocycles. The van der Waals surface area contributed by atoms with Gasteiger partial charge in [-0.25, -0.2) is 5.43 Å². The van der Waals surface area contributed by atoms with E-state index in [0.717, 1.165) is 5.56 Å². The number of nitrogens with one attached hydrogen (secondary N) is 3. The maximum atomic E-state index is 10.5. The number of nitrogens with zero attached hydrogens (tertiary/aromatic N) is 2. The van der Waals surface area contributed by atoms with Gasteiger partial charge in [0.25, 0.3) is 0 Å². The van der Waals surface area contributed by atoms with Gasteiger partial charge in [-0.15, -0.1) is 5.11 Å². The van der Waals surface area contributed by atoms with Crippen molar-refractivity contribution in [3.63, 3.8) is 0 Å². The summed E-state index contributed by atoms with van der Waals surface area (Å²) in [6, 6.07) is 3.67. The normalized spacial score (nSPS) is 20.5. The van der Waals surface area contributed by atoms with E-state index in [-0.39, 0.29) is 5.92 Å². The van der Waals surface area contributed by atoms with E-state index in [1.165, 1.54) is 0 Å². The summed E-state index contributed by atoms with van der Waals surface area (Å²) < 4.78 is 11.6.